The van der Waals surface area contributed by atoms with E-state index in [0.717, 1.165) is 37.2 Å². The quantitative estimate of drug-likeness (QED) is 0.336. The van der Waals surface area contributed by atoms with Crippen molar-refractivity contribution in [3.8, 4) is 5.75 Å². The molecule has 0 bridgehead atoms. The van der Waals surface area contributed by atoms with Crippen LogP contribution < -0.4 is 15.6 Å². The van der Waals surface area contributed by atoms with Gasteiger partial charge in [0, 0.05) is 29.4 Å². The molecule has 1 aromatic heterocycles. The van der Waals surface area contributed by atoms with E-state index in [-0.39, 0.29) is 5.75 Å². The molecule has 0 radical (unpaired) electrons. The van der Waals surface area contributed by atoms with Gasteiger partial charge in [0.05, 0.1) is 6.21 Å². The van der Waals surface area contributed by atoms with Crippen LogP contribution in [-0.2, 0) is 0 Å². The Morgan fingerprint density at radius 2 is 1.85 bits per heavy atom. The maximum atomic E-state index is 9.99. The topological polar surface area (TPSA) is 98.6 Å². The zero-order chi connectivity index (χ0) is 23.4. The summed E-state index contributed by atoms with van der Waals surface area (Å²) in [6.07, 6.45) is 3.67. The Morgan fingerprint density at radius 3 is 2.64 bits per heavy atom. The number of hydrazone groups is 1. The number of aromatic hydroxyl groups is 1. The van der Waals surface area contributed by atoms with Crippen LogP contribution in [0.5, 0.6) is 5.75 Å². The van der Waals surface area contributed by atoms with Gasteiger partial charge in [-0.2, -0.15) is 20.1 Å². The maximum Gasteiger partial charge on any atom is 0.250 e. The molecule has 0 atom stereocenters. The fourth-order valence-corrected chi connectivity index (χ4v) is 3.80. The number of phenols is 1. The molecule has 0 spiro atoms. The Hall–Kier alpha value is -3.39. The Bertz CT molecular complexity index is 1160. The van der Waals surface area contributed by atoms with E-state index in [9.17, 15) is 5.11 Å². The van der Waals surface area contributed by atoms with Gasteiger partial charge in [0.2, 0.25) is 17.8 Å². The van der Waals surface area contributed by atoms with E-state index < -0.39 is 0 Å². The van der Waals surface area contributed by atoms with Crippen molar-refractivity contribution in [2.75, 3.05) is 28.7 Å². The van der Waals surface area contributed by atoms with Crippen LogP contribution in [0.3, 0.4) is 0 Å². The number of nitrogens with zero attached hydrogens (tertiary/aromatic N) is 5. The minimum absolute atomic E-state index is 0.0843. The van der Waals surface area contributed by atoms with Crippen LogP contribution >= 0.6 is 11.6 Å². The van der Waals surface area contributed by atoms with Crippen LogP contribution in [-0.4, -0.2) is 39.4 Å². The smallest absolute Gasteiger partial charge is 0.250 e. The van der Waals surface area contributed by atoms with Crippen molar-refractivity contribution in [2.24, 2.45) is 11.0 Å². The highest BCUT2D eigenvalue weighted by Crippen LogP contribution is 2.25. The Morgan fingerprint density at radius 1 is 1.09 bits per heavy atom. The lowest BCUT2D eigenvalue weighted by Crippen LogP contribution is -2.34. The van der Waals surface area contributed by atoms with Crippen molar-refractivity contribution in [2.45, 2.75) is 33.6 Å². The molecular weight excluding hydrogens is 438 g/mol. The average molecular weight is 466 g/mol. The number of piperidine rings is 1. The number of halogens is 1. The summed E-state index contributed by atoms with van der Waals surface area (Å²) < 4.78 is 0. The van der Waals surface area contributed by atoms with Crippen LogP contribution in [0.15, 0.2) is 41.5 Å². The summed E-state index contributed by atoms with van der Waals surface area (Å²) >= 11 is 6.01. The third-order valence-corrected chi connectivity index (χ3v) is 6.13. The van der Waals surface area contributed by atoms with E-state index in [1.165, 1.54) is 17.8 Å². The van der Waals surface area contributed by atoms with Gasteiger partial charge in [-0.1, -0.05) is 30.7 Å². The highest BCUT2D eigenvalue weighted by Gasteiger charge is 2.20. The molecule has 1 saturated heterocycles. The molecule has 0 saturated carbocycles. The number of hydrogen-bond acceptors (Lipinski definition) is 8. The number of benzene rings is 2. The van der Waals surface area contributed by atoms with E-state index in [0.29, 0.717) is 34.3 Å². The standard InChI is InChI=1S/C24H28ClN7O/c1-15-9-11-32(12-10-15)24-29-22(27-20-6-4-5-16(2)17(20)3)28-23(30-24)31-26-14-18-13-19(25)7-8-21(18)33/h4-8,13-15,33H,9-12H2,1-3H3,(H2,27,28,29,30,31)/b26-14-. The molecule has 172 valence electrons. The average Bonchev–Trinajstić information content (AvgIpc) is 2.79. The van der Waals surface area contributed by atoms with Crippen LogP contribution in [0.4, 0.5) is 23.5 Å². The van der Waals surface area contributed by atoms with Gasteiger partial charge in [-0.25, -0.2) is 5.43 Å². The van der Waals surface area contributed by atoms with Crippen molar-refractivity contribution in [1.82, 2.24) is 15.0 Å². The van der Waals surface area contributed by atoms with Gasteiger partial charge < -0.3 is 15.3 Å². The van der Waals surface area contributed by atoms with E-state index in [4.69, 9.17) is 11.6 Å². The summed E-state index contributed by atoms with van der Waals surface area (Å²) in [6, 6.07) is 10.8. The number of nitrogens with one attached hydrogen (secondary N) is 2. The number of aromatic nitrogens is 3. The molecule has 4 rings (SSSR count). The summed E-state index contributed by atoms with van der Waals surface area (Å²) in [5, 5.41) is 18.0. The van der Waals surface area contributed by atoms with Crippen LogP contribution in [0.2, 0.25) is 5.02 Å². The lowest BCUT2D eigenvalue weighted by Gasteiger charge is -2.30. The fraction of sp³-hybridized carbons (Fsp3) is 0.333. The van der Waals surface area contributed by atoms with Gasteiger partial charge in [-0.15, -0.1) is 0 Å². The number of hydrogen-bond donors (Lipinski definition) is 3. The molecule has 1 aliphatic rings. The van der Waals surface area contributed by atoms with Crippen molar-refractivity contribution in [3.63, 3.8) is 0 Å². The molecule has 0 aliphatic carbocycles. The van der Waals surface area contributed by atoms with Gasteiger partial charge in [-0.3, -0.25) is 0 Å². The molecule has 9 heteroatoms. The van der Waals surface area contributed by atoms with E-state index in [2.05, 4.69) is 62.5 Å². The molecule has 1 aliphatic heterocycles. The summed E-state index contributed by atoms with van der Waals surface area (Å²) in [5.74, 6) is 2.14. The van der Waals surface area contributed by atoms with Crippen molar-refractivity contribution in [3.05, 3.63) is 58.1 Å². The Labute approximate surface area is 198 Å². The van der Waals surface area contributed by atoms with Gasteiger partial charge in [0.1, 0.15) is 5.75 Å². The van der Waals surface area contributed by atoms with E-state index >= 15 is 0 Å². The van der Waals surface area contributed by atoms with Crippen LogP contribution in [0.1, 0.15) is 36.5 Å². The predicted octanol–water partition coefficient (Wildman–Crippen LogP) is 5.27. The van der Waals surface area contributed by atoms with E-state index in [1.807, 2.05) is 12.1 Å². The summed E-state index contributed by atoms with van der Waals surface area (Å²) in [6.45, 7) is 8.19. The summed E-state index contributed by atoms with van der Waals surface area (Å²) in [4.78, 5) is 15.9. The first-order valence-electron chi connectivity index (χ1n) is 11.0. The Kier molecular flexibility index (Phi) is 6.93. The molecule has 0 unspecified atom stereocenters. The minimum atomic E-state index is 0.0843. The van der Waals surface area contributed by atoms with Crippen molar-refractivity contribution >= 4 is 41.3 Å². The van der Waals surface area contributed by atoms with Crippen LogP contribution in [0, 0.1) is 19.8 Å². The molecule has 8 nitrogen and oxygen atoms in total. The second kappa shape index (κ2) is 10.0. The molecule has 2 heterocycles. The highest BCUT2D eigenvalue weighted by molar-refractivity contribution is 6.30. The summed E-state index contributed by atoms with van der Waals surface area (Å²) in [5.41, 5.74) is 6.62. The SMILES string of the molecule is Cc1cccc(Nc2nc(N/N=C\c3cc(Cl)ccc3O)nc(N3CCC(C)CC3)n2)c1C. The molecule has 2 aromatic carbocycles. The third kappa shape index (κ3) is 5.70. The molecule has 3 N–H and O–H groups in total. The fourth-order valence-electron chi connectivity index (χ4n) is 3.62. The normalized spacial score (nSPS) is 14.6. The molecule has 3 aromatic rings. The molecule has 1 fully saturated rings. The monoisotopic (exact) mass is 465 g/mol. The first-order valence-corrected chi connectivity index (χ1v) is 11.4. The zero-order valence-electron chi connectivity index (χ0n) is 19.0. The lowest BCUT2D eigenvalue weighted by molar-refractivity contribution is 0.434. The second-order valence-corrected chi connectivity index (χ2v) is 8.83. The summed E-state index contributed by atoms with van der Waals surface area (Å²) in [7, 11) is 0. The molecule has 33 heavy (non-hydrogen) atoms. The number of aryl methyl sites for hydroxylation is 1. The largest absolute Gasteiger partial charge is 0.507 e. The van der Waals surface area contributed by atoms with Gasteiger partial charge >= 0.3 is 0 Å². The first kappa shape index (κ1) is 22.8. The lowest BCUT2D eigenvalue weighted by atomic mass is 10.00. The third-order valence-electron chi connectivity index (χ3n) is 5.90. The van der Waals surface area contributed by atoms with Gasteiger partial charge in [0.15, 0.2) is 0 Å². The number of phenolic OH excluding ortho intramolecular Hbond substituents is 1. The zero-order valence-corrected chi connectivity index (χ0v) is 19.8. The first-order chi connectivity index (χ1) is 15.9. The Balaban J connectivity index is 1.61. The van der Waals surface area contributed by atoms with Crippen molar-refractivity contribution < 1.29 is 5.11 Å². The maximum absolute atomic E-state index is 9.99. The van der Waals surface area contributed by atoms with Crippen LogP contribution in [0.25, 0.3) is 0 Å². The van der Waals surface area contributed by atoms with Gasteiger partial charge in [0.25, 0.3) is 0 Å². The second-order valence-electron chi connectivity index (χ2n) is 8.40. The molecular formula is C24H28ClN7O. The molecule has 0 amide bonds. The predicted molar refractivity (Wildman–Crippen MR) is 134 cm³/mol. The highest BCUT2D eigenvalue weighted by atomic mass is 35.5. The van der Waals surface area contributed by atoms with E-state index in [1.54, 1.807) is 12.1 Å². The van der Waals surface area contributed by atoms with Gasteiger partial charge in [-0.05, 0) is 68.0 Å². The minimum Gasteiger partial charge on any atom is -0.507 e. The van der Waals surface area contributed by atoms with Crippen molar-refractivity contribution in [1.29, 1.82) is 0 Å². The number of rotatable bonds is 6. The number of anilines is 4.